The van der Waals surface area contributed by atoms with E-state index in [-0.39, 0.29) is 17.2 Å². The number of carbonyl (C=O) groups excluding carboxylic acids is 1. The molecule has 0 radical (unpaired) electrons. The van der Waals surface area contributed by atoms with Crippen LogP contribution in [0.15, 0.2) is 46.3 Å². The maximum Gasteiger partial charge on any atom is 0.261 e. The van der Waals surface area contributed by atoms with Gasteiger partial charge in [-0.1, -0.05) is 41.6 Å². The average molecular weight is 388 g/mol. The second-order valence-corrected chi connectivity index (χ2v) is 7.40. The zero-order valence-corrected chi connectivity index (χ0v) is 16.2. The van der Waals surface area contributed by atoms with Crippen molar-refractivity contribution in [3.8, 4) is 0 Å². The molecule has 0 bridgehead atoms. The quantitative estimate of drug-likeness (QED) is 0.544. The molecule has 0 spiro atoms. The lowest BCUT2D eigenvalue weighted by Crippen LogP contribution is -2.21. The minimum atomic E-state index is -0.203. The van der Waals surface area contributed by atoms with Crippen LogP contribution in [0.1, 0.15) is 11.1 Å². The second kappa shape index (κ2) is 7.51. The molecule has 1 aromatic heterocycles. The molecule has 26 heavy (non-hydrogen) atoms. The van der Waals surface area contributed by atoms with E-state index in [1.54, 1.807) is 25.2 Å². The van der Waals surface area contributed by atoms with Crippen LogP contribution < -0.4 is 10.9 Å². The molecule has 5 nitrogen and oxygen atoms in total. The van der Waals surface area contributed by atoms with Crippen molar-refractivity contribution in [1.29, 1.82) is 0 Å². The van der Waals surface area contributed by atoms with Crippen LogP contribution in [-0.2, 0) is 11.8 Å². The van der Waals surface area contributed by atoms with E-state index < -0.39 is 0 Å². The van der Waals surface area contributed by atoms with Crippen molar-refractivity contribution in [3.63, 3.8) is 0 Å². The molecule has 0 saturated heterocycles. The molecule has 1 amide bonds. The van der Waals surface area contributed by atoms with Gasteiger partial charge >= 0.3 is 0 Å². The van der Waals surface area contributed by atoms with Crippen LogP contribution in [-0.4, -0.2) is 21.2 Å². The summed E-state index contributed by atoms with van der Waals surface area (Å²) in [4.78, 5) is 29.2. The molecule has 3 rings (SSSR count). The maximum absolute atomic E-state index is 12.4. The second-order valence-electron chi connectivity index (χ2n) is 6.05. The minimum Gasteiger partial charge on any atom is -0.324 e. The smallest absolute Gasteiger partial charge is 0.261 e. The van der Waals surface area contributed by atoms with Crippen LogP contribution in [0.2, 0.25) is 5.02 Å². The van der Waals surface area contributed by atoms with Gasteiger partial charge in [0, 0.05) is 7.05 Å². The summed E-state index contributed by atoms with van der Waals surface area (Å²) in [6, 6.07) is 10.9. The van der Waals surface area contributed by atoms with Crippen LogP contribution in [0.4, 0.5) is 5.69 Å². The molecule has 0 atom stereocenters. The molecular formula is C19H18ClN3O2S. The number of rotatable bonds is 4. The van der Waals surface area contributed by atoms with Gasteiger partial charge in [-0.05, 0) is 43.2 Å². The van der Waals surface area contributed by atoms with Crippen molar-refractivity contribution in [2.75, 3.05) is 11.1 Å². The zero-order chi connectivity index (χ0) is 18.8. The number of nitrogens with one attached hydrogen (secondary N) is 1. The van der Waals surface area contributed by atoms with Crippen molar-refractivity contribution in [2.24, 2.45) is 7.05 Å². The van der Waals surface area contributed by atoms with Crippen LogP contribution in [0.3, 0.4) is 0 Å². The summed E-state index contributed by atoms with van der Waals surface area (Å²) in [5.74, 6) is -0.0753. The molecule has 0 aliphatic rings. The van der Waals surface area contributed by atoms with Crippen LogP contribution in [0, 0.1) is 13.8 Å². The first-order chi connectivity index (χ1) is 12.4. The summed E-state index contributed by atoms with van der Waals surface area (Å²) in [6.45, 7) is 3.85. The standard InChI is InChI=1S/C19H18ClN3O2S/c1-11-8-12(2)17(14(20)9-11)22-16(24)10-26-19-21-15-7-5-4-6-13(15)18(25)23(19)3/h4-9H,10H2,1-3H3,(H,22,24). The fourth-order valence-electron chi connectivity index (χ4n) is 2.71. The molecule has 0 aliphatic heterocycles. The third kappa shape index (κ3) is 3.76. The normalized spacial score (nSPS) is 10.9. The number of anilines is 1. The molecule has 2 aromatic carbocycles. The summed E-state index contributed by atoms with van der Waals surface area (Å²) in [7, 11) is 1.66. The molecule has 1 N–H and O–H groups in total. The van der Waals surface area contributed by atoms with Crippen molar-refractivity contribution in [2.45, 2.75) is 19.0 Å². The molecule has 0 unspecified atom stereocenters. The van der Waals surface area contributed by atoms with Gasteiger partial charge in [0.15, 0.2) is 5.16 Å². The summed E-state index contributed by atoms with van der Waals surface area (Å²) in [5, 5.41) is 4.41. The van der Waals surface area contributed by atoms with Crippen LogP contribution in [0.5, 0.6) is 0 Å². The maximum atomic E-state index is 12.4. The van der Waals surface area contributed by atoms with Crippen molar-refractivity contribution >= 4 is 45.9 Å². The Bertz CT molecular complexity index is 1040. The third-order valence-corrected chi connectivity index (χ3v) is 5.30. The lowest BCUT2D eigenvalue weighted by atomic mass is 10.1. The van der Waals surface area contributed by atoms with Gasteiger partial charge in [0.05, 0.1) is 27.4 Å². The number of para-hydroxylation sites is 1. The van der Waals surface area contributed by atoms with Gasteiger partial charge in [-0.3, -0.25) is 14.2 Å². The summed E-state index contributed by atoms with van der Waals surface area (Å²) in [6.07, 6.45) is 0. The van der Waals surface area contributed by atoms with Gasteiger partial charge in [0.25, 0.3) is 5.56 Å². The number of benzene rings is 2. The summed E-state index contributed by atoms with van der Waals surface area (Å²) >= 11 is 7.44. The number of halogens is 1. The number of hydrogen-bond donors (Lipinski definition) is 1. The SMILES string of the molecule is Cc1cc(C)c(NC(=O)CSc2nc3ccccc3c(=O)n2C)c(Cl)c1. The molecule has 0 saturated carbocycles. The van der Waals surface area contributed by atoms with Gasteiger partial charge < -0.3 is 5.32 Å². The fraction of sp³-hybridized carbons (Fsp3) is 0.211. The summed E-state index contributed by atoms with van der Waals surface area (Å²) < 4.78 is 1.46. The number of aryl methyl sites for hydroxylation is 2. The van der Waals surface area contributed by atoms with E-state index in [4.69, 9.17) is 11.6 Å². The van der Waals surface area contributed by atoms with Crippen LogP contribution >= 0.6 is 23.4 Å². The summed E-state index contributed by atoms with van der Waals surface area (Å²) in [5.41, 5.74) is 3.05. The minimum absolute atomic E-state index is 0.127. The Hall–Kier alpha value is -2.31. The molecule has 7 heteroatoms. The number of amides is 1. The molecule has 134 valence electrons. The Morgan fingerprint density at radius 3 is 2.73 bits per heavy atom. The lowest BCUT2D eigenvalue weighted by molar-refractivity contribution is -0.113. The fourth-order valence-corrected chi connectivity index (χ4v) is 3.85. The predicted molar refractivity (Wildman–Crippen MR) is 107 cm³/mol. The average Bonchev–Trinajstić information content (AvgIpc) is 2.60. The largest absolute Gasteiger partial charge is 0.324 e. The Morgan fingerprint density at radius 1 is 1.27 bits per heavy atom. The number of aromatic nitrogens is 2. The van der Waals surface area contributed by atoms with E-state index >= 15 is 0 Å². The lowest BCUT2D eigenvalue weighted by Gasteiger charge is -2.12. The Labute approximate surface area is 160 Å². The number of nitrogens with zero attached hydrogens (tertiary/aromatic N) is 2. The Kier molecular flexibility index (Phi) is 5.34. The highest BCUT2D eigenvalue weighted by Gasteiger charge is 2.13. The van der Waals surface area contributed by atoms with Crippen LogP contribution in [0.25, 0.3) is 10.9 Å². The highest BCUT2D eigenvalue weighted by molar-refractivity contribution is 7.99. The first kappa shape index (κ1) is 18.5. The predicted octanol–water partition coefficient (Wildman–Crippen LogP) is 3.93. The first-order valence-corrected chi connectivity index (χ1v) is 9.38. The van der Waals surface area contributed by atoms with Gasteiger partial charge in [-0.15, -0.1) is 0 Å². The van der Waals surface area contributed by atoms with E-state index in [0.29, 0.717) is 26.8 Å². The molecule has 1 heterocycles. The van der Waals surface area contributed by atoms with E-state index in [1.807, 2.05) is 32.0 Å². The Balaban J connectivity index is 1.77. The highest BCUT2D eigenvalue weighted by Crippen LogP contribution is 2.27. The van der Waals surface area contributed by atoms with Crippen molar-refractivity contribution in [1.82, 2.24) is 9.55 Å². The number of hydrogen-bond acceptors (Lipinski definition) is 4. The van der Waals surface area contributed by atoms with Crippen molar-refractivity contribution in [3.05, 3.63) is 62.9 Å². The molecular weight excluding hydrogens is 370 g/mol. The highest BCUT2D eigenvalue weighted by atomic mass is 35.5. The molecule has 0 fully saturated rings. The molecule has 0 aliphatic carbocycles. The Morgan fingerprint density at radius 2 is 2.00 bits per heavy atom. The van der Waals surface area contributed by atoms with E-state index in [0.717, 1.165) is 11.1 Å². The monoisotopic (exact) mass is 387 g/mol. The molecule has 3 aromatic rings. The van der Waals surface area contributed by atoms with E-state index in [2.05, 4.69) is 10.3 Å². The third-order valence-electron chi connectivity index (χ3n) is 3.97. The number of thioether (sulfide) groups is 1. The first-order valence-electron chi connectivity index (χ1n) is 8.02. The van der Waals surface area contributed by atoms with Gasteiger partial charge in [-0.25, -0.2) is 4.98 Å². The number of carbonyl (C=O) groups is 1. The number of fused-ring (bicyclic) bond motifs is 1. The van der Waals surface area contributed by atoms with Crippen molar-refractivity contribution < 1.29 is 4.79 Å². The zero-order valence-electron chi connectivity index (χ0n) is 14.7. The van der Waals surface area contributed by atoms with Gasteiger partial charge in [0.2, 0.25) is 5.91 Å². The van der Waals surface area contributed by atoms with E-state index in [1.165, 1.54) is 16.3 Å². The topological polar surface area (TPSA) is 64.0 Å². The van der Waals surface area contributed by atoms with Gasteiger partial charge in [-0.2, -0.15) is 0 Å². The van der Waals surface area contributed by atoms with E-state index in [9.17, 15) is 9.59 Å². The van der Waals surface area contributed by atoms with Gasteiger partial charge in [0.1, 0.15) is 0 Å².